The molecular weight excluding hydrogens is 268 g/mol. The highest BCUT2D eigenvalue weighted by Gasteiger charge is 2.06. The molecule has 0 aromatic heterocycles. The molecule has 1 aromatic carbocycles. The summed E-state index contributed by atoms with van der Waals surface area (Å²) in [6, 6.07) is 8.12. The van der Waals surface area contributed by atoms with Crippen molar-refractivity contribution in [2.24, 2.45) is 0 Å². The van der Waals surface area contributed by atoms with E-state index in [9.17, 15) is 8.42 Å². The van der Waals surface area contributed by atoms with Gasteiger partial charge in [0, 0.05) is 5.69 Å². The second-order valence-electron chi connectivity index (χ2n) is 2.52. The molecule has 6 heteroatoms. The molecule has 74 valence electrons. The molecule has 0 saturated carbocycles. The molecule has 0 saturated heterocycles. The van der Waals surface area contributed by atoms with Crippen LogP contribution in [-0.4, -0.2) is 13.1 Å². The molecule has 0 spiro atoms. The van der Waals surface area contributed by atoms with Crippen LogP contribution in [-0.2, 0) is 10.0 Å². The van der Waals surface area contributed by atoms with E-state index in [2.05, 4.69) is 20.7 Å². The molecule has 0 aliphatic rings. The number of rotatable bonds is 3. The van der Waals surface area contributed by atoms with Gasteiger partial charge in [-0.2, -0.15) is 5.26 Å². The Labute approximate surface area is 90.7 Å². The molecule has 0 unspecified atom stereocenters. The zero-order valence-electron chi connectivity index (χ0n) is 7.07. The van der Waals surface area contributed by atoms with E-state index < -0.39 is 10.0 Å². The monoisotopic (exact) mass is 274 g/mol. The van der Waals surface area contributed by atoms with Gasteiger partial charge in [-0.1, -0.05) is 15.9 Å². The summed E-state index contributed by atoms with van der Waals surface area (Å²) >= 11 is 2.85. The normalized spacial score (nSPS) is 10.6. The number of nitriles is 1. The van der Waals surface area contributed by atoms with Crippen LogP contribution >= 0.6 is 15.9 Å². The quantitative estimate of drug-likeness (QED) is 0.853. The number of hydrogen-bond acceptors (Lipinski definition) is 3. The summed E-state index contributed by atoms with van der Waals surface area (Å²) in [6.07, 6.45) is 0. The molecule has 0 fully saturated rings. The van der Waals surface area contributed by atoms with E-state index in [-0.39, 0.29) is 4.66 Å². The summed E-state index contributed by atoms with van der Waals surface area (Å²) in [5.41, 5.74) is 0.940. The largest absolute Gasteiger partial charge is 0.283 e. The van der Waals surface area contributed by atoms with Crippen molar-refractivity contribution < 1.29 is 8.42 Å². The Hall–Kier alpha value is -1.06. The van der Waals surface area contributed by atoms with E-state index in [1.165, 1.54) is 0 Å². The molecule has 0 bridgehead atoms. The third-order valence-electron chi connectivity index (χ3n) is 1.43. The van der Waals surface area contributed by atoms with Crippen molar-refractivity contribution >= 4 is 31.6 Å². The Kier molecular flexibility index (Phi) is 3.49. The second-order valence-corrected chi connectivity index (χ2v) is 5.54. The van der Waals surface area contributed by atoms with Crippen LogP contribution in [0.5, 0.6) is 0 Å². The van der Waals surface area contributed by atoms with Crippen LogP contribution in [0.3, 0.4) is 0 Å². The highest BCUT2D eigenvalue weighted by Crippen LogP contribution is 2.11. The molecule has 0 aliphatic heterocycles. The smallest absolute Gasteiger partial charge is 0.242 e. The number of benzene rings is 1. The Bertz CT molecular complexity index is 447. The van der Waals surface area contributed by atoms with Gasteiger partial charge < -0.3 is 0 Å². The second kappa shape index (κ2) is 4.44. The minimum atomic E-state index is -3.31. The van der Waals surface area contributed by atoms with Gasteiger partial charge in [-0.15, -0.1) is 0 Å². The summed E-state index contributed by atoms with van der Waals surface area (Å²) < 4.78 is 24.4. The lowest BCUT2D eigenvalue weighted by Crippen LogP contribution is -2.12. The van der Waals surface area contributed by atoms with Crippen LogP contribution in [0.25, 0.3) is 0 Å². The fourth-order valence-electron chi connectivity index (χ4n) is 0.820. The molecule has 0 atom stereocenters. The predicted molar refractivity (Wildman–Crippen MR) is 57.5 cm³/mol. The Morgan fingerprint density at radius 2 is 1.93 bits per heavy atom. The maximum atomic E-state index is 11.1. The number of alkyl halides is 1. The molecule has 0 aliphatic carbocycles. The average Bonchev–Trinajstić information content (AvgIpc) is 2.19. The van der Waals surface area contributed by atoms with Crippen molar-refractivity contribution in [3.05, 3.63) is 29.8 Å². The number of anilines is 1. The standard InChI is InChI=1S/C8H7BrN2O2S/c9-6-14(12,13)11-8-3-1-7(5-10)2-4-8/h1-4,11H,6H2. The minimum absolute atomic E-state index is 0.153. The van der Waals surface area contributed by atoms with Crippen LogP contribution in [0.4, 0.5) is 5.69 Å². The number of nitrogens with one attached hydrogen (secondary N) is 1. The average molecular weight is 275 g/mol. The maximum absolute atomic E-state index is 11.1. The molecule has 1 N–H and O–H groups in total. The van der Waals surface area contributed by atoms with Gasteiger partial charge in [0.25, 0.3) is 0 Å². The molecule has 1 aromatic rings. The van der Waals surface area contributed by atoms with E-state index >= 15 is 0 Å². The first kappa shape index (κ1) is 11.0. The Morgan fingerprint density at radius 3 is 2.36 bits per heavy atom. The third kappa shape index (κ3) is 3.01. The summed E-state index contributed by atoms with van der Waals surface area (Å²) in [4.78, 5) is 0. The van der Waals surface area contributed by atoms with Gasteiger partial charge in [-0.25, -0.2) is 8.42 Å². The minimum Gasteiger partial charge on any atom is -0.283 e. The SMILES string of the molecule is N#Cc1ccc(NS(=O)(=O)CBr)cc1. The van der Waals surface area contributed by atoms with Crippen molar-refractivity contribution in [1.29, 1.82) is 5.26 Å². The van der Waals surface area contributed by atoms with E-state index in [4.69, 9.17) is 5.26 Å². The highest BCUT2D eigenvalue weighted by molar-refractivity contribution is 9.10. The first-order chi connectivity index (χ1) is 6.57. The number of hydrogen-bond donors (Lipinski definition) is 1. The summed E-state index contributed by atoms with van der Waals surface area (Å²) in [5, 5.41) is 8.51. The zero-order valence-corrected chi connectivity index (χ0v) is 9.47. The number of sulfonamides is 1. The predicted octanol–water partition coefficient (Wildman–Crippen LogP) is 1.65. The van der Waals surface area contributed by atoms with Crippen molar-refractivity contribution in [1.82, 2.24) is 0 Å². The van der Waals surface area contributed by atoms with Crippen molar-refractivity contribution in [3.63, 3.8) is 0 Å². The van der Waals surface area contributed by atoms with Crippen LogP contribution in [0.1, 0.15) is 5.56 Å². The van der Waals surface area contributed by atoms with Gasteiger partial charge >= 0.3 is 0 Å². The van der Waals surface area contributed by atoms with Gasteiger partial charge in [-0.05, 0) is 24.3 Å². The summed E-state index contributed by atoms with van der Waals surface area (Å²) in [5.74, 6) is 0. The molecule has 14 heavy (non-hydrogen) atoms. The van der Waals surface area contributed by atoms with E-state index in [0.29, 0.717) is 11.3 Å². The third-order valence-corrected chi connectivity index (χ3v) is 4.07. The number of nitrogens with zero attached hydrogens (tertiary/aromatic N) is 1. The van der Waals surface area contributed by atoms with Gasteiger partial charge in [-0.3, -0.25) is 4.72 Å². The lowest BCUT2D eigenvalue weighted by Gasteiger charge is -2.04. The van der Waals surface area contributed by atoms with Crippen molar-refractivity contribution in [2.45, 2.75) is 0 Å². The van der Waals surface area contributed by atoms with Gasteiger partial charge in [0.1, 0.15) is 4.66 Å². The zero-order chi connectivity index (χ0) is 10.6. The van der Waals surface area contributed by atoms with Crippen LogP contribution < -0.4 is 4.72 Å². The van der Waals surface area contributed by atoms with Crippen LogP contribution in [0.15, 0.2) is 24.3 Å². The lowest BCUT2D eigenvalue weighted by molar-refractivity contribution is 0.606. The molecule has 0 heterocycles. The fraction of sp³-hybridized carbons (Fsp3) is 0.125. The summed E-state index contributed by atoms with van der Waals surface area (Å²) in [6.45, 7) is 0. The first-order valence-electron chi connectivity index (χ1n) is 3.64. The van der Waals surface area contributed by atoms with E-state index in [0.717, 1.165) is 0 Å². The molecule has 0 radical (unpaired) electrons. The van der Waals surface area contributed by atoms with Gasteiger partial charge in [0.2, 0.25) is 10.0 Å². The molecular formula is C8H7BrN2O2S. The van der Waals surface area contributed by atoms with Gasteiger partial charge in [0.15, 0.2) is 0 Å². The van der Waals surface area contributed by atoms with E-state index in [1.54, 1.807) is 24.3 Å². The van der Waals surface area contributed by atoms with E-state index in [1.807, 2.05) is 6.07 Å². The Balaban J connectivity index is 2.86. The highest BCUT2D eigenvalue weighted by atomic mass is 79.9. The first-order valence-corrected chi connectivity index (χ1v) is 6.41. The molecule has 0 amide bonds. The number of halogens is 1. The summed E-state index contributed by atoms with van der Waals surface area (Å²) in [7, 11) is -3.31. The van der Waals surface area contributed by atoms with Gasteiger partial charge in [0.05, 0.1) is 11.6 Å². The van der Waals surface area contributed by atoms with Crippen molar-refractivity contribution in [3.8, 4) is 6.07 Å². The molecule has 4 nitrogen and oxygen atoms in total. The topological polar surface area (TPSA) is 70.0 Å². The fourth-order valence-corrected chi connectivity index (χ4v) is 1.71. The molecule has 1 rings (SSSR count). The Morgan fingerprint density at radius 1 is 1.36 bits per heavy atom. The maximum Gasteiger partial charge on any atom is 0.242 e. The van der Waals surface area contributed by atoms with Crippen LogP contribution in [0, 0.1) is 11.3 Å². The lowest BCUT2D eigenvalue weighted by atomic mass is 10.2. The van der Waals surface area contributed by atoms with Crippen LogP contribution in [0.2, 0.25) is 0 Å². The van der Waals surface area contributed by atoms with Crippen molar-refractivity contribution in [2.75, 3.05) is 9.38 Å².